The van der Waals surface area contributed by atoms with Gasteiger partial charge in [-0.15, -0.1) is 0 Å². The van der Waals surface area contributed by atoms with Crippen molar-refractivity contribution >= 4 is 17.6 Å². The molecule has 0 amide bonds. The first-order chi connectivity index (χ1) is 13.7. The predicted molar refractivity (Wildman–Crippen MR) is 111 cm³/mol. The molecule has 1 atom stereocenters. The first-order valence-corrected chi connectivity index (χ1v) is 10.5. The van der Waals surface area contributed by atoms with Gasteiger partial charge in [0.15, 0.2) is 0 Å². The minimum Gasteiger partial charge on any atom is -0.492 e. The molecule has 4 rings (SSSR count). The number of carbonyl (C=O) groups is 1. The van der Waals surface area contributed by atoms with Crippen LogP contribution in [0.2, 0.25) is 5.02 Å². The van der Waals surface area contributed by atoms with Gasteiger partial charge in [-0.05, 0) is 93.8 Å². The molecule has 5 heteroatoms. The molecule has 3 nitrogen and oxygen atoms in total. The zero-order valence-corrected chi connectivity index (χ0v) is 17.9. The molecule has 0 bridgehead atoms. The molecule has 0 saturated heterocycles. The maximum absolute atomic E-state index is 14.6. The van der Waals surface area contributed by atoms with Crippen molar-refractivity contribution in [1.29, 1.82) is 0 Å². The molecule has 1 aliphatic heterocycles. The topological polar surface area (TPSA) is 35.5 Å². The van der Waals surface area contributed by atoms with Crippen LogP contribution in [0.3, 0.4) is 0 Å². The van der Waals surface area contributed by atoms with Crippen LogP contribution >= 0.6 is 11.6 Å². The van der Waals surface area contributed by atoms with E-state index < -0.39 is 5.60 Å². The summed E-state index contributed by atoms with van der Waals surface area (Å²) in [5.74, 6) is 0.159. The molecule has 1 aliphatic carbocycles. The Morgan fingerprint density at radius 3 is 2.72 bits per heavy atom. The minimum atomic E-state index is -0.540. The summed E-state index contributed by atoms with van der Waals surface area (Å²) in [6.07, 6.45) is 4.17. The summed E-state index contributed by atoms with van der Waals surface area (Å²) in [6.45, 7) is 6.06. The van der Waals surface area contributed by atoms with Crippen LogP contribution in [0.4, 0.5) is 4.39 Å². The molecule has 0 fully saturated rings. The number of benzene rings is 2. The highest BCUT2D eigenvalue weighted by molar-refractivity contribution is 6.30. The highest BCUT2D eigenvalue weighted by Gasteiger charge is 2.40. The van der Waals surface area contributed by atoms with Gasteiger partial charge < -0.3 is 9.47 Å². The van der Waals surface area contributed by atoms with E-state index in [4.69, 9.17) is 21.1 Å². The lowest BCUT2D eigenvalue weighted by Crippen LogP contribution is -2.37. The molecule has 2 aromatic rings. The van der Waals surface area contributed by atoms with E-state index in [0.717, 1.165) is 48.1 Å². The molecular formula is C24H26ClFO3. The van der Waals surface area contributed by atoms with Gasteiger partial charge in [-0.3, -0.25) is 0 Å². The van der Waals surface area contributed by atoms with E-state index in [9.17, 15) is 9.18 Å². The van der Waals surface area contributed by atoms with Gasteiger partial charge in [-0.1, -0.05) is 17.7 Å². The Morgan fingerprint density at radius 2 is 1.97 bits per heavy atom. The molecule has 1 heterocycles. The summed E-state index contributed by atoms with van der Waals surface area (Å²) in [5.41, 5.74) is 2.50. The van der Waals surface area contributed by atoms with E-state index >= 15 is 0 Å². The highest BCUT2D eigenvalue weighted by atomic mass is 35.5. The van der Waals surface area contributed by atoms with Gasteiger partial charge in [0, 0.05) is 5.41 Å². The molecule has 1 unspecified atom stereocenters. The van der Waals surface area contributed by atoms with E-state index in [1.165, 1.54) is 0 Å². The minimum absolute atomic E-state index is 0.181. The second-order valence-corrected chi connectivity index (χ2v) is 9.54. The third-order valence-electron chi connectivity index (χ3n) is 5.92. The van der Waals surface area contributed by atoms with E-state index in [1.807, 2.05) is 39.0 Å². The van der Waals surface area contributed by atoms with Gasteiger partial charge >= 0.3 is 5.97 Å². The second-order valence-electron chi connectivity index (χ2n) is 9.13. The van der Waals surface area contributed by atoms with Gasteiger partial charge in [0.2, 0.25) is 0 Å². The maximum atomic E-state index is 14.6. The molecule has 2 aliphatic rings. The van der Waals surface area contributed by atoms with E-state index in [1.54, 1.807) is 12.1 Å². The molecule has 0 aromatic heterocycles. The first kappa shape index (κ1) is 20.2. The Labute approximate surface area is 176 Å². The Hall–Kier alpha value is -2.07. The number of carbonyl (C=O) groups excluding carboxylic acids is 1. The molecule has 0 radical (unpaired) electrons. The molecule has 154 valence electrons. The number of fused-ring (bicyclic) bond motifs is 3. The largest absolute Gasteiger partial charge is 0.492 e. The van der Waals surface area contributed by atoms with Crippen LogP contribution in [0.5, 0.6) is 5.75 Å². The average Bonchev–Trinajstić information content (AvgIpc) is 2.84. The number of aryl methyl sites for hydroxylation is 1. The summed E-state index contributed by atoms with van der Waals surface area (Å²) in [5, 5.41) is 0.181. The van der Waals surface area contributed by atoms with Crippen molar-refractivity contribution in [3.63, 3.8) is 0 Å². The van der Waals surface area contributed by atoms with Crippen molar-refractivity contribution in [3.8, 4) is 5.75 Å². The summed E-state index contributed by atoms with van der Waals surface area (Å²) >= 11 is 6.02. The lowest BCUT2D eigenvalue weighted by molar-refractivity contribution is 0.00694. The van der Waals surface area contributed by atoms with Crippen molar-refractivity contribution in [2.24, 2.45) is 0 Å². The Balaban J connectivity index is 1.63. The number of ether oxygens (including phenoxy) is 2. The third-order valence-corrected chi connectivity index (χ3v) is 6.21. The van der Waals surface area contributed by atoms with Crippen LogP contribution in [0.15, 0.2) is 30.3 Å². The SMILES string of the molecule is CC(C)(C)OC(=O)c1ccc2c(c1)CCC1(CCCc3c1ccc(Cl)c3F)CO2. The van der Waals surface area contributed by atoms with Crippen LogP contribution in [-0.4, -0.2) is 18.2 Å². The number of hydrogen-bond acceptors (Lipinski definition) is 3. The van der Waals surface area contributed by atoms with Crippen molar-refractivity contribution in [2.75, 3.05) is 6.61 Å². The van der Waals surface area contributed by atoms with Crippen molar-refractivity contribution in [2.45, 2.75) is 63.9 Å². The predicted octanol–water partition coefficient (Wildman–Crippen LogP) is 6.03. The van der Waals surface area contributed by atoms with Gasteiger partial charge in [0.25, 0.3) is 0 Å². The Bertz CT molecular complexity index is 963. The Morgan fingerprint density at radius 1 is 1.17 bits per heavy atom. The number of rotatable bonds is 1. The summed E-state index contributed by atoms with van der Waals surface area (Å²) in [4.78, 5) is 12.4. The molecular weight excluding hydrogens is 391 g/mol. The first-order valence-electron chi connectivity index (χ1n) is 10.1. The summed E-state index contributed by atoms with van der Waals surface area (Å²) in [7, 11) is 0. The fourth-order valence-corrected chi connectivity index (χ4v) is 4.70. The van der Waals surface area contributed by atoms with Crippen LogP contribution in [0.1, 0.15) is 67.1 Å². The second kappa shape index (κ2) is 7.32. The van der Waals surface area contributed by atoms with Crippen LogP contribution in [0, 0.1) is 5.82 Å². The van der Waals surface area contributed by atoms with E-state index in [-0.39, 0.29) is 22.2 Å². The maximum Gasteiger partial charge on any atom is 0.338 e. The monoisotopic (exact) mass is 416 g/mol. The molecule has 0 saturated carbocycles. The number of hydrogen-bond donors (Lipinski definition) is 0. The summed E-state index contributed by atoms with van der Waals surface area (Å²) < 4.78 is 26.3. The van der Waals surface area contributed by atoms with Gasteiger partial charge in [0.1, 0.15) is 17.2 Å². The van der Waals surface area contributed by atoms with E-state index in [2.05, 4.69) is 0 Å². The standard InChI is InChI=1S/C24H26ClFO3/c1-23(2,3)29-22(27)16-6-9-20-15(13-16)10-12-24(14-28-20)11-4-5-17-18(24)7-8-19(25)21(17)26/h6-9,13H,4-5,10-12,14H2,1-3H3. The van der Waals surface area contributed by atoms with Gasteiger partial charge in [-0.25, -0.2) is 9.18 Å². The molecule has 1 spiro atoms. The van der Waals surface area contributed by atoms with Crippen LogP contribution in [0.25, 0.3) is 0 Å². The number of esters is 1. The zero-order chi connectivity index (χ0) is 20.8. The summed E-state index contributed by atoms with van der Waals surface area (Å²) in [6, 6.07) is 9.08. The number of halogens is 2. The molecule has 2 aromatic carbocycles. The van der Waals surface area contributed by atoms with Crippen LogP contribution in [-0.2, 0) is 23.0 Å². The normalized spacial score (nSPS) is 21.0. The van der Waals surface area contributed by atoms with Crippen LogP contribution < -0.4 is 4.74 Å². The van der Waals surface area contributed by atoms with Gasteiger partial charge in [-0.2, -0.15) is 0 Å². The average molecular weight is 417 g/mol. The van der Waals surface area contributed by atoms with Crippen molar-refractivity contribution < 1.29 is 18.7 Å². The van der Waals surface area contributed by atoms with E-state index in [0.29, 0.717) is 18.6 Å². The highest BCUT2D eigenvalue weighted by Crippen LogP contribution is 2.45. The lowest BCUT2D eigenvalue weighted by atomic mass is 9.67. The van der Waals surface area contributed by atoms with Crippen molar-refractivity contribution in [1.82, 2.24) is 0 Å². The molecule has 29 heavy (non-hydrogen) atoms. The lowest BCUT2D eigenvalue weighted by Gasteiger charge is -2.38. The van der Waals surface area contributed by atoms with Crippen molar-refractivity contribution in [3.05, 3.63) is 63.4 Å². The fraction of sp³-hybridized carbons (Fsp3) is 0.458. The smallest absolute Gasteiger partial charge is 0.338 e. The zero-order valence-electron chi connectivity index (χ0n) is 17.1. The fourth-order valence-electron chi connectivity index (χ4n) is 4.52. The quantitative estimate of drug-likeness (QED) is 0.532. The molecule has 0 N–H and O–H groups in total. The third kappa shape index (κ3) is 3.87. The Kier molecular flexibility index (Phi) is 5.10. The van der Waals surface area contributed by atoms with Gasteiger partial charge in [0.05, 0.1) is 17.2 Å².